The summed E-state index contributed by atoms with van der Waals surface area (Å²) in [6.45, 7) is 0.278. The SMILES string of the molecule is O=C(/C=C/c1ccc(OCc2ccccn2)cc1)NCC(=O)Nc1ccc(Br)cc1. The number of pyridine rings is 1. The Kier molecular flexibility index (Phi) is 7.74. The maximum absolute atomic E-state index is 11.9. The van der Waals surface area contributed by atoms with E-state index in [4.69, 9.17) is 4.74 Å². The van der Waals surface area contributed by atoms with Crippen LogP contribution < -0.4 is 15.4 Å². The zero-order chi connectivity index (χ0) is 21.2. The molecular weight excluding hydrogens is 446 g/mol. The molecule has 152 valence electrons. The van der Waals surface area contributed by atoms with E-state index in [0.717, 1.165) is 15.7 Å². The number of carbonyl (C=O) groups excluding carboxylic acids is 2. The molecule has 0 unspecified atom stereocenters. The number of carbonyl (C=O) groups is 2. The van der Waals surface area contributed by atoms with Crippen LogP contribution in [-0.2, 0) is 16.2 Å². The summed E-state index contributed by atoms with van der Waals surface area (Å²) in [5.41, 5.74) is 2.36. The summed E-state index contributed by atoms with van der Waals surface area (Å²) in [6, 6.07) is 20.2. The van der Waals surface area contributed by atoms with E-state index in [9.17, 15) is 9.59 Å². The minimum absolute atomic E-state index is 0.112. The molecule has 0 fully saturated rings. The third-order valence-corrected chi connectivity index (χ3v) is 4.50. The van der Waals surface area contributed by atoms with Gasteiger partial charge in [0.2, 0.25) is 11.8 Å². The highest BCUT2D eigenvalue weighted by atomic mass is 79.9. The van der Waals surface area contributed by atoms with Crippen LogP contribution in [0.4, 0.5) is 5.69 Å². The Morgan fingerprint density at radius 3 is 2.47 bits per heavy atom. The number of hydrogen-bond acceptors (Lipinski definition) is 4. The molecule has 1 heterocycles. The molecule has 0 aliphatic heterocycles. The smallest absolute Gasteiger partial charge is 0.244 e. The fourth-order valence-electron chi connectivity index (χ4n) is 2.45. The Labute approximate surface area is 183 Å². The predicted octanol–water partition coefficient (Wildman–Crippen LogP) is 4.19. The van der Waals surface area contributed by atoms with E-state index in [1.165, 1.54) is 6.08 Å². The maximum Gasteiger partial charge on any atom is 0.244 e. The Morgan fingerprint density at radius 2 is 1.77 bits per heavy atom. The molecule has 2 aromatic carbocycles. The van der Waals surface area contributed by atoms with Gasteiger partial charge in [-0.2, -0.15) is 0 Å². The highest BCUT2D eigenvalue weighted by Gasteiger charge is 2.04. The minimum atomic E-state index is -0.351. The highest BCUT2D eigenvalue weighted by Crippen LogP contribution is 2.15. The summed E-state index contributed by atoms with van der Waals surface area (Å²) in [6.07, 6.45) is 4.78. The Bertz CT molecular complexity index is 1000. The van der Waals surface area contributed by atoms with E-state index in [1.54, 1.807) is 24.4 Å². The molecule has 0 spiro atoms. The number of amides is 2. The largest absolute Gasteiger partial charge is 0.487 e. The lowest BCUT2D eigenvalue weighted by Gasteiger charge is -2.06. The van der Waals surface area contributed by atoms with Crippen LogP contribution in [0.2, 0.25) is 0 Å². The molecule has 2 amide bonds. The van der Waals surface area contributed by atoms with Gasteiger partial charge in [0.05, 0.1) is 12.2 Å². The summed E-state index contributed by atoms with van der Waals surface area (Å²) in [5, 5.41) is 5.27. The second kappa shape index (κ2) is 10.9. The molecule has 0 aliphatic carbocycles. The standard InChI is InChI=1S/C23H20BrN3O3/c24-18-7-9-19(10-8-18)27-23(29)15-26-22(28)13-6-17-4-11-21(12-5-17)30-16-20-3-1-2-14-25-20/h1-14H,15-16H2,(H,26,28)(H,27,29)/b13-6+. The van der Waals surface area contributed by atoms with Gasteiger partial charge in [-0.05, 0) is 60.2 Å². The summed E-state index contributed by atoms with van der Waals surface area (Å²) < 4.78 is 6.60. The van der Waals surface area contributed by atoms with Crippen molar-refractivity contribution in [2.45, 2.75) is 6.61 Å². The normalized spacial score (nSPS) is 10.6. The van der Waals surface area contributed by atoms with Gasteiger partial charge in [0.15, 0.2) is 0 Å². The first-order chi connectivity index (χ1) is 14.6. The van der Waals surface area contributed by atoms with Gasteiger partial charge in [0.1, 0.15) is 12.4 Å². The van der Waals surface area contributed by atoms with Crippen LogP contribution in [0.1, 0.15) is 11.3 Å². The molecule has 6 nitrogen and oxygen atoms in total. The van der Waals surface area contributed by atoms with Gasteiger partial charge in [-0.15, -0.1) is 0 Å². The first-order valence-electron chi connectivity index (χ1n) is 9.22. The fourth-order valence-corrected chi connectivity index (χ4v) is 2.72. The van der Waals surface area contributed by atoms with Crippen LogP contribution in [0.5, 0.6) is 5.75 Å². The van der Waals surface area contributed by atoms with Gasteiger partial charge in [-0.1, -0.05) is 34.1 Å². The molecule has 0 saturated carbocycles. The van der Waals surface area contributed by atoms with Gasteiger partial charge in [0, 0.05) is 22.4 Å². The van der Waals surface area contributed by atoms with E-state index >= 15 is 0 Å². The van der Waals surface area contributed by atoms with Crippen LogP contribution in [-0.4, -0.2) is 23.3 Å². The van der Waals surface area contributed by atoms with Crippen molar-refractivity contribution in [3.8, 4) is 5.75 Å². The quantitative estimate of drug-likeness (QED) is 0.488. The third kappa shape index (κ3) is 7.18. The molecular formula is C23H20BrN3O3. The molecule has 1 aromatic heterocycles. The van der Waals surface area contributed by atoms with Crippen LogP contribution in [0, 0.1) is 0 Å². The van der Waals surface area contributed by atoms with Crippen molar-refractivity contribution in [3.63, 3.8) is 0 Å². The van der Waals surface area contributed by atoms with Crippen molar-refractivity contribution in [3.05, 3.63) is 94.7 Å². The van der Waals surface area contributed by atoms with Crippen molar-refractivity contribution in [2.75, 3.05) is 11.9 Å². The molecule has 0 bridgehead atoms. The average molecular weight is 466 g/mol. The highest BCUT2D eigenvalue weighted by molar-refractivity contribution is 9.10. The predicted molar refractivity (Wildman–Crippen MR) is 120 cm³/mol. The summed E-state index contributed by atoms with van der Waals surface area (Å²) in [7, 11) is 0. The number of nitrogens with zero attached hydrogens (tertiary/aromatic N) is 1. The molecule has 2 N–H and O–H groups in total. The average Bonchev–Trinajstić information content (AvgIpc) is 2.78. The van der Waals surface area contributed by atoms with E-state index in [-0.39, 0.29) is 18.4 Å². The number of nitrogens with one attached hydrogen (secondary N) is 2. The van der Waals surface area contributed by atoms with Gasteiger partial charge in [-0.3, -0.25) is 14.6 Å². The zero-order valence-electron chi connectivity index (χ0n) is 16.0. The molecule has 0 aliphatic rings. The Morgan fingerprint density at radius 1 is 1.00 bits per heavy atom. The number of aromatic nitrogens is 1. The van der Waals surface area contributed by atoms with Crippen LogP contribution in [0.15, 0.2) is 83.5 Å². The number of halogens is 1. The van der Waals surface area contributed by atoms with Gasteiger partial charge >= 0.3 is 0 Å². The molecule has 30 heavy (non-hydrogen) atoms. The summed E-state index contributed by atoms with van der Waals surface area (Å²) in [4.78, 5) is 28.0. The summed E-state index contributed by atoms with van der Waals surface area (Å²) in [5.74, 6) is 0.0665. The molecule has 7 heteroatoms. The van der Waals surface area contributed by atoms with E-state index < -0.39 is 0 Å². The number of hydrogen-bond donors (Lipinski definition) is 2. The first kappa shape index (κ1) is 21.3. The Hall–Kier alpha value is -3.45. The molecule has 0 saturated heterocycles. The van der Waals surface area contributed by atoms with Crippen molar-refractivity contribution in [2.24, 2.45) is 0 Å². The second-order valence-electron chi connectivity index (χ2n) is 6.28. The van der Waals surface area contributed by atoms with Crippen molar-refractivity contribution < 1.29 is 14.3 Å². The minimum Gasteiger partial charge on any atom is -0.487 e. The lowest BCUT2D eigenvalue weighted by molar-refractivity contribution is -0.121. The molecule has 3 aromatic rings. The lowest BCUT2D eigenvalue weighted by Crippen LogP contribution is -2.31. The topological polar surface area (TPSA) is 80.3 Å². The van der Waals surface area contributed by atoms with Crippen molar-refractivity contribution >= 4 is 39.5 Å². The first-order valence-corrected chi connectivity index (χ1v) is 10.0. The summed E-state index contributed by atoms with van der Waals surface area (Å²) >= 11 is 3.33. The number of benzene rings is 2. The van der Waals surface area contributed by atoms with Gasteiger partial charge in [0.25, 0.3) is 0 Å². The van der Waals surface area contributed by atoms with Crippen molar-refractivity contribution in [1.29, 1.82) is 0 Å². The maximum atomic E-state index is 11.9. The number of ether oxygens (including phenoxy) is 1. The lowest BCUT2D eigenvalue weighted by atomic mass is 10.2. The Balaban J connectivity index is 1.41. The second-order valence-corrected chi connectivity index (χ2v) is 7.20. The van der Waals surface area contributed by atoms with Gasteiger partial charge < -0.3 is 15.4 Å². The molecule has 3 rings (SSSR count). The van der Waals surface area contributed by atoms with E-state index in [1.807, 2.05) is 54.6 Å². The third-order valence-electron chi connectivity index (χ3n) is 3.97. The zero-order valence-corrected chi connectivity index (χ0v) is 17.6. The monoisotopic (exact) mass is 465 g/mol. The van der Waals surface area contributed by atoms with Crippen LogP contribution >= 0.6 is 15.9 Å². The van der Waals surface area contributed by atoms with Crippen molar-refractivity contribution in [1.82, 2.24) is 10.3 Å². The van der Waals surface area contributed by atoms with Gasteiger partial charge in [-0.25, -0.2) is 0 Å². The van der Waals surface area contributed by atoms with Crippen LogP contribution in [0.25, 0.3) is 6.08 Å². The molecule has 0 atom stereocenters. The van der Waals surface area contributed by atoms with E-state index in [2.05, 4.69) is 31.5 Å². The van der Waals surface area contributed by atoms with Crippen LogP contribution in [0.3, 0.4) is 0 Å². The molecule has 0 radical (unpaired) electrons. The fraction of sp³-hybridized carbons (Fsp3) is 0.0870. The number of anilines is 1. The van der Waals surface area contributed by atoms with E-state index in [0.29, 0.717) is 18.0 Å². The number of rotatable bonds is 8.